The van der Waals surface area contributed by atoms with Gasteiger partial charge in [0.2, 0.25) is 0 Å². The number of nitrogens with one attached hydrogen (secondary N) is 1. The molecule has 2 rings (SSSR count). The van der Waals surface area contributed by atoms with Crippen molar-refractivity contribution in [3.8, 4) is 0 Å². The summed E-state index contributed by atoms with van der Waals surface area (Å²) in [6.45, 7) is 2.86. The number of hydrogen-bond donors (Lipinski definition) is 1. The Hall–Kier alpha value is -1.62. The molecule has 1 N–H and O–H groups in total. The number of thioether (sulfide) groups is 1. The lowest BCUT2D eigenvalue weighted by Gasteiger charge is -2.04. The summed E-state index contributed by atoms with van der Waals surface area (Å²) in [4.78, 5) is 9.59. The SMILES string of the molecule is CCNc1ccnc(CSc2ccc(F)cc2)n1. The summed E-state index contributed by atoms with van der Waals surface area (Å²) < 4.78 is 12.7. The summed E-state index contributed by atoms with van der Waals surface area (Å²) in [5.74, 6) is 2.06. The fourth-order valence-electron chi connectivity index (χ4n) is 1.43. The van der Waals surface area contributed by atoms with Crippen molar-refractivity contribution in [1.82, 2.24) is 9.97 Å². The van der Waals surface area contributed by atoms with E-state index in [0.717, 1.165) is 23.1 Å². The topological polar surface area (TPSA) is 37.8 Å². The maximum atomic E-state index is 12.7. The first-order valence-electron chi connectivity index (χ1n) is 5.72. The molecule has 1 heterocycles. The van der Waals surface area contributed by atoms with Crippen LogP contribution in [-0.2, 0) is 5.75 Å². The standard InChI is InChI=1S/C13H14FN3S/c1-2-15-12-7-8-16-13(17-12)9-18-11-5-3-10(14)4-6-11/h3-8H,2,9H2,1H3,(H,15,16,17). The summed E-state index contributed by atoms with van der Waals surface area (Å²) in [6, 6.07) is 8.27. The lowest BCUT2D eigenvalue weighted by Crippen LogP contribution is -2.02. The highest BCUT2D eigenvalue weighted by Crippen LogP contribution is 2.21. The summed E-state index contributed by atoms with van der Waals surface area (Å²) >= 11 is 1.59. The number of benzene rings is 1. The van der Waals surface area contributed by atoms with Gasteiger partial charge in [-0.15, -0.1) is 11.8 Å². The molecule has 0 saturated carbocycles. The van der Waals surface area contributed by atoms with Crippen LogP contribution >= 0.6 is 11.8 Å². The molecule has 0 atom stereocenters. The van der Waals surface area contributed by atoms with E-state index in [1.165, 1.54) is 12.1 Å². The van der Waals surface area contributed by atoms with Gasteiger partial charge in [-0.3, -0.25) is 0 Å². The molecule has 3 nitrogen and oxygen atoms in total. The van der Waals surface area contributed by atoms with Crippen molar-refractivity contribution < 1.29 is 4.39 Å². The predicted octanol–water partition coefficient (Wildman–Crippen LogP) is 3.34. The van der Waals surface area contributed by atoms with Crippen LogP contribution < -0.4 is 5.32 Å². The Morgan fingerprint density at radius 2 is 2.00 bits per heavy atom. The molecule has 1 aromatic carbocycles. The van der Waals surface area contributed by atoms with Gasteiger partial charge in [-0.25, -0.2) is 14.4 Å². The van der Waals surface area contributed by atoms with Crippen LogP contribution in [0.4, 0.5) is 10.2 Å². The second-order valence-electron chi connectivity index (χ2n) is 3.63. The molecule has 0 aliphatic heterocycles. The first-order chi connectivity index (χ1) is 8.78. The molecular formula is C13H14FN3S. The van der Waals surface area contributed by atoms with E-state index in [1.54, 1.807) is 30.1 Å². The van der Waals surface area contributed by atoms with E-state index < -0.39 is 0 Å². The smallest absolute Gasteiger partial charge is 0.140 e. The number of aromatic nitrogens is 2. The minimum atomic E-state index is -0.218. The third kappa shape index (κ3) is 3.70. The minimum absolute atomic E-state index is 0.218. The molecule has 0 aliphatic carbocycles. The molecule has 0 bridgehead atoms. The monoisotopic (exact) mass is 263 g/mol. The van der Waals surface area contributed by atoms with Crippen LogP contribution in [0.2, 0.25) is 0 Å². The first-order valence-corrected chi connectivity index (χ1v) is 6.70. The second kappa shape index (κ2) is 6.35. The molecule has 0 radical (unpaired) electrons. The fraction of sp³-hybridized carbons (Fsp3) is 0.231. The summed E-state index contributed by atoms with van der Waals surface area (Å²) in [5.41, 5.74) is 0. The van der Waals surface area contributed by atoms with Gasteiger partial charge in [0.25, 0.3) is 0 Å². The van der Waals surface area contributed by atoms with Crippen LogP contribution in [0.3, 0.4) is 0 Å². The first kappa shape index (κ1) is 12.8. The molecule has 0 unspecified atom stereocenters. The average molecular weight is 263 g/mol. The van der Waals surface area contributed by atoms with Crippen LogP contribution in [0, 0.1) is 5.82 Å². The molecule has 0 spiro atoms. The van der Waals surface area contributed by atoms with E-state index in [0.29, 0.717) is 5.75 Å². The Bertz CT molecular complexity index is 502. The Kier molecular flexibility index (Phi) is 4.52. The van der Waals surface area contributed by atoms with Gasteiger partial charge in [0.05, 0.1) is 5.75 Å². The molecule has 5 heteroatoms. The van der Waals surface area contributed by atoms with Gasteiger partial charge in [0, 0.05) is 17.6 Å². The Morgan fingerprint density at radius 1 is 1.22 bits per heavy atom. The molecule has 2 aromatic rings. The molecule has 0 amide bonds. The maximum Gasteiger partial charge on any atom is 0.140 e. The van der Waals surface area contributed by atoms with E-state index in [9.17, 15) is 4.39 Å². The van der Waals surface area contributed by atoms with Gasteiger partial charge < -0.3 is 5.32 Å². The van der Waals surface area contributed by atoms with E-state index in [4.69, 9.17) is 0 Å². The van der Waals surface area contributed by atoms with E-state index >= 15 is 0 Å². The molecule has 94 valence electrons. The van der Waals surface area contributed by atoms with Crippen molar-refractivity contribution in [3.05, 3.63) is 48.2 Å². The van der Waals surface area contributed by atoms with E-state index in [1.807, 2.05) is 13.0 Å². The van der Waals surface area contributed by atoms with Gasteiger partial charge in [-0.1, -0.05) is 0 Å². The molecule has 18 heavy (non-hydrogen) atoms. The van der Waals surface area contributed by atoms with Crippen LogP contribution in [0.15, 0.2) is 41.4 Å². The third-order valence-electron chi connectivity index (χ3n) is 2.24. The molecular weight excluding hydrogens is 249 g/mol. The zero-order valence-corrected chi connectivity index (χ0v) is 10.9. The fourth-order valence-corrected chi connectivity index (χ4v) is 2.19. The summed E-state index contributed by atoms with van der Waals surface area (Å²) in [7, 11) is 0. The summed E-state index contributed by atoms with van der Waals surface area (Å²) in [6.07, 6.45) is 1.74. The van der Waals surface area contributed by atoms with Gasteiger partial charge in [0.15, 0.2) is 0 Å². The quantitative estimate of drug-likeness (QED) is 0.840. The molecule has 1 aromatic heterocycles. The van der Waals surface area contributed by atoms with Crippen LogP contribution in [0.25, 0.3) is 0 Å². The Balaban J connectivity index is 1.97. The van der Waals surface area contributed by atoms with Crippen molar-refractivity contribution in [1.29, 1.82) is 0 Å². The Labute approximate surface area is 110 Å². The number of hydrogen-bond acceptors (Lipinski definition) is 4. The molecule has 0 aliphatic rings. The average Bonchev–Trinajstić information content (AvgIpc) is 2.39. The van der Waals surface area contributed by atoms with E-state index in [-0.39, 0.29) is 5.82 Å². The normalized spacial score (nSPS) is 10.3. The zero-order valence-electron chi connectivity index (χ0n) is 10.1. The number of nitrogens with zero attached hydrogens (tertiary/aromatic N) is 2. The number of anilines is 1. The van der Waals surface area contributed by atoms with Gasteiger partial charge in [-0.2, -0.15) is 0 Å². The Morgan fingerprint density at radius 3 is 2.72 bits per heavy atom. The van der Waals surface area contributed by atoms with Gasteiger partial charge in [-0.05, 0) is 37.3 Å². The van der Waals surface area contributed by atoms with Crippen molar-refractivity contribution in [3.63, 3.8) is 0 Å². The largest absolute Gasteiger partial charge is 0.370 e. The highest BCUT2D eigenvalue weighted by atomic mass is 32.2. The minimum Gasteiger partial charge on any atom is -0.370 e. The summed E-state index contributed by atoms with van der Waals surface area (Å²) in [5, 5.41) is 3.14. The lowest BCUT2D eigenvalue weighted by molar-refractivity contribution is 0.626. The highest BCUT2D eigenvalue weighted by Gasteiger charge is 2.01. The van der Waals surface area contributed by atoms with Crippen molar-refractivity contribution in [2.45, 2.75) is 17.6 Å². The second-order valence-corrected chi connectivity index (χ2v) is 4.68. The third-order valence-corrected chi connectivity index (χ3v) is 3.25. The zero-order chi connectivity index (χ0) is 12.8. The molecule has 0 fully saturated rings. The lowest BCUT2D eigenvalue weighted by atomic mass is 10.4. The van der Waals surface area contributed by atoms with Crippen LogP contribution in [-0.4, -0.2) is 16.5 Å². The van der Waals surface area contributed by atoms with Crippen molar-refractivity contribution in [2.24, 2.45) is 0 Å². The van der Waals surface area contributed by atoms with Crippen molar-refractivity contribution in [2.75, 3.05) is 11.9 Å². The number of halogens is 1. The van der Waals surface area contributed by atoms with Crippen LogP contribution in [0.5, 0.6) is 0 Å². The van der Waals surface area contributed by atoms with Crippen molar-refractivity contribution >= 4 is 17.6 Å². The van der Waals surface area contributed by atoms with Gasteiger partial charge in [0.1, 0.15) is 17.5 Å². The number of rotatable bonds is 5. The predicted molar refractivity (Wildman–Crippen MR) is 72.2 cm³/mol. The van der Waals surface area contributed by atoms with Gasteiger partial charge >= 0.3 is 0 Å². The van der Waals surface area contributed by atoms with E-state index in [2.05, 4.69) is 15.3 Å². The maximum absolute atomic E-state index is 12.7. The highest BCUT2D eigenvalue weighted by molar-refractivity contribution is 7.98. The molecule has 0 saturated heterocycles. The van der Waals surface area contributed by atoms with Crippen LogP contribution in [0.1, 0.15) is 12.7 Å².